The number of hydrogen-bond donors (Lipinski definition) is 1. The van der Waals surface area contributed by atoms with E-state index >= 15 is 0 Å². The van der Waals surface area contributed by atoms with Crippen LogP contribution in [0.5, 0.6) is 5.75 Å². The van der Waals surface area contributed by atoms with Crippen molar-refractivity contribution in [3.63, 3.8) is 0 Å². The quantitative estimate of drug-likeness (QED) is 0.875. The summed E-state index contributed by atoms with van der Waals surface area (Å²) in [7, 11) is 1.45. The van der Waals surface area contributed by atoms with Crippen LogP contribution in [0.15, 0.2) is 18.2 Å². The van der Waals surface area contributed by atoms with Crippen LogP contribution in [0, 0.1) is 0 Å². The molecule has 1 aromatic rings. The number of alkyl halides is 2. The van der Waals surface area contributed by atoms with Crippen molar-refractivity contribution in [1.82, 2.24) is 0 Å². The van der Waals surface area contributed by atoms with E-state index < -0.39 is 12.0 Å². The lowest BCUT2D eigenvalue weighted by atomic mass is 9.94. The minimum Gasteiger partial charge on any atom is -0.495 e. The van der Waals surface area contributed by atoms with E-state index in [1.807, 2.05) is 0 Å². The Morgan fingerprint density at radius 1 is 1.47 bits per heavy atom. The lowest BCUT2D eigenvalue weighted by Gasteiger charge is -2.24. The predicted molar refractivity (Wildman–Crippen MR) is 55.5 cm³/mol. The third-order valence-electron chi connectivity index (χ3n) is 2.23. The van der Waals surface area contributed by atoms with Crippen molar-refractivity contribution in [3.05, 3.63) is 28.8 Å². The van der Waals surface area contributed by atoms with Gasteiger partial charge in [-0.1, -0.05) is 17.7 Å². The van der Waals surface area contributed by atoms with Gasteiger partial charge in [-0.2, -0.15) is 0 Å². The van der Waals surface area contributed by atoms with Crippen LogP contribution in [0.1, 0.15) is 12.5 Å². The molecule has 0 spiro atoms. The van der Waals surface area contributed by atoms with Crippen molar-refractivity contribution in [2.24, 2.45) is 5.73 Å². The first-order chi connectivity index (χ1) is 6.89. The van der Waals surface area contributed by atoms with Crippen molar-refractivity contribution in [2.75, 3.05) is 7.11 Å². The fourth-order valence-electron chi connectivity index (χ4n) is 1.13. The molecule has 0 radical (unpaired) electrons. The third kappa shape index (κ3) is 2.38. The second-order valence-electron chi connectivity index (χ2n) is 3.43. The largest absolute Gasteiger partial charge is 0.495 e. The minimum absolute atomic E-state index is 0.271. The highest BCUT2D eigenvalue weighted by Crippen LogP contribution is 2.31. The summed E-state index contributed by atoms with van der Waals surface area (Å²) in [5.41, 5.74) is 4.07. The van der Waals surface area contributed by atoms with Crippen LogP contribution in [0.25, 0.3) is 0 Å². The van der Waals surface area contributed by atoms with E-state index in [0.717, 1.165) is 0 Å². The maximum Gasteiger partial charge on any atom is 0.260 e. The summed E-state index contributed by atoms with van der Waals surface area (Å²) in [5.74, 6) is 0.436. The Bertz CT molecular complexity index is 355. The van der Waals surface area contributed by atoms with Crippen LogP contribution in [0.4, 0.5) is 8.78 Å². The van der Waals surface area contributed by atoms with Gasteiger partial charge in [0.05, 0.1) is 17.7 Å². The standard InChI is InChI=1S/C10H12ClF2NO/c1-10(14,9(12)13)6-3-4-8(15-2)7(11)5-6/h3-5,9H,14H2,1-2H3. The zero-order valence-corrected chi connectivity index (χ0v) is 9.18. The van der Waals surface area contributed by atoms with Gasteiger partial charge in [0.15, 0.2) is 0 Å². The maximum atomic E-state index is 12.6. The zero-order valence-electron chi connectivity index (χ0n) is 8.43. The van der Waals surface area contributed by atoms with E-state index in [1.54, 1.807) is 0 Å². The van der Waals surface area contributed by atoms with Crippen LogP contribution in [0.3, 0.4) is 0 Å². The molecule has 2 nitrogen and oxygen atoms in total. The molecule has 84 valence electrons. The first-order valence-corrected chi connectivity index (χ1v) is 4.68. The summed E-state index contributed by atoms with van der Waals surface area (Å²) in [4.78, 5) is 0. The third-order valence-corrected chi connectivity index (χ3v) is 2.52. The predicted octanol–water partition coefficient (Wildman–Crippen LogP) is 2.79. The summed E-state index contributed by atoms with van der Waals surface area (Å²) in [6.45, 7) is 1.26. The number of benzene rings is 1. The molecule has 0 bridgehead atoms. The molecule has 1 atom stereocenters. The average molecular weight is 236 g/mol. The minimum atomic E-state index is -2.65. The van der Waals surface area contributed by atoms with Crippen molar-refractivity contribution in [2.45, 2.75) is 18.9 Å². The molecule has 5 heteroatoms. The van der Waals surface area contributed by atoms with E-state index in [-0.39, 0.29) is 10.6 Å². The number of nitrogens with two attached hydrogens (primary N) is 1. The molecule has 0 saturated carbocycles. The molecule has 0 aliphatic heterocycles. The number of halogens is 3. The van der Waals surface area contributed by atoms with Crippen LogP contribution >= 0.6 is 11.6 Å². The maximum absolute atomic E-state index is 12.6. The molecule has 0 amide bonds. The summed E-state index contributed by atoms with van der Waals surface area (Å²) in [5, 5.41) is 0.271. The molecule has 0 aliphatic rings. The van der Waals surface area contributed by atoms with E-state index in [0.29, 0.717) is 5.75 Å². The van der Waals surface area contributed by atoms with E-state index in [1.165, 1.54) is 32.2 Å². The van der Waals surface area contributed by atoms with Gasteiger partial charge in [-0.25, -0.2) is 8.78 Å². The molecule has 0 aromatic heterocycles. The van der Waals surface area contributed by atoms with Crippen LogP contribution in [-0.4, -0.2) is 13.5 Å². The van der Waals surface area contributed by atoms with Crippen molar-refractivity contribution in [1.29, 1.82) is 0 Å². The fraction of sp³-hybridized carbons (Fsp3) is 0.400. The van der Waals surface area contributed by atoms with Crippen molar-refractivity contribution >= 4 is 11.6 Å². The van der Waals surface area contributed by atoms with Crippen molar-refractivity contribution < 1.29 is 13.5 Å². The first kappa shape index (κ1) is 12.2. The Balaban J connectivity index is 3.12. The van der Waals surface area contributed by atoms with Crippen LogP contribution in [0.2, 0.25) is 5.02 Å². The van der Waals surface area contributed by atoms with Crippen molar-refractivity contribution in [3.8, 4) is 5.75 Å². The second-order valence-corrected chi connectivity index (χ2v) is 3.84. The SMILES string of the molecule is COc1ccc(C(C)(N)C(F)F)cc1Cl. The number of hydrogen-bond acceptors (Lipinski definition) is 2. The molecule has 0 fully saturated rings. The fourth-order valence-corrected chi connectivity index (χ4v) is 1.39. The number of rotatable bonds is 3. The highest BCUT2D eigenvalue weighted by atomic mass is 35.5. The van der Waals surface area contributed by atoms with Gasteiger partial charge < -0.3 is 10.5 Å². The Morgan fingerprint density at radius 2 is 2.07 bits per heavy atom. The van der Waals surface area contributed by atoms with Gasteiger partial charge in [-0.15, -0.1) is 0 Å². The highest BCUT2D eigenvalue weighted by molar-refractivity contribution is 6.32. The summed E-state index contributed by atoms with van der Waals surface area (Å²) >= 11 is 5.81. The van der Waals surface area contributed by atoms with Gasteiger partial charge in [-0.05, 0) is 24.6 Å². The molecule has 1 unspecified atom stereocenters. The van der Waals surface area contributed by atoms with Gasteiger partial charge in [0.2, 0.25) is 0 Å². The molecule has 0 aliphatic carbocycles. The second kappa shape index (κ2) is 4.33. The Kier molecular flexibility index (Phi) is 3.52. The van der Waals surface area contributed by atoms with Crippen LogP contribution < -0.4 is 10.5 Å². The van der Waals surface area contributed by atoms with E-state index in [9.17, 15) is 8.78 Å². The molecule has 0 saturated heterocycles. The molecular weight excluding hydrogens is 224 g/mol. The molecule has 1 aromatic carbocycles. The molecular formula is C10H12ClF2NO. The zero-order chi connectivity index (χ0) is 11.6. The number of ether oxygens (including phenoxy) is 1. The molecule has 0 heterocycles. The normalized spacial score (nSPS) is 15.1. The summed E-state index contributed by atoms with van der Waals surface area (Å²) < 4.78 is 30.1. The summed E-state index contributed by atoms with van der Waals surface area (Å²) in [6.07, 6.45) is -2.65. The topological polar surface area (TPSA) is 35.2 Å². The molecule has 15 heavy (non-hydrogen) atoms. The smallest absolute Gasteiger partial charge is 0.260 e. The molecule has 2 N–H and O–H groups in total. The lowest BCUT2D eigenvalue weighted by molar-refractivity contribution is 0.0625. The number of methoxy groups -OCH3 is 1. The first-order valence-electron chi connectivity index (χ1n) is 4.30. The average Bonchev–Trinajstić information content (AvgIpc) is 2.17. The van der Waals surface area contributed by atoms with Gasteiger partial charge >= 0.3 is 0 Å². The van der Waals surface area contributed by atoms with E-state index in [4.69, 9.17) is 22.1 Å². The summed E-state index contributed by atoms with van der Waals surface area (Å²) in [6, 6.07) is 4.40. The monoisotopic (exact) mass is 235 g/mol. The van der Waals surface area contributed by atoms with E-state index in [2.05, 4.69) is 0 Å². The highest BCUT2D eigenvalue weighted by Gasteiger charge is 2.32. The Labute approximate surface area is 92.0 Å². The lowest BCUT2D eigenvalue weighted by Crippen LogP contribution is -2.40. The van der Waals surface area contributed by atoms with Crippen LogP contribution in [-0.2, 0) is 5.54 Å². The van der Waals surface area contributed by atoms with Gasteiger partial charge in [0.1, 0.15) is 5.75 Å². The van der Waals surface area contributed by atoms with Gasteiger partial charge in [-0.3, -0.25) is 0 Å². The van der Waals surface area contributed by atoms with Gasteiger partial charge in [0.25, 0.3) is 6.43 Å². The Hall–Kier alpha value is -0.870. The molecule has 1 rings (SSSR count). The van der Waals surface area contributed by atoms with Gasteiger partial charge in [0, 0.05) is 0 Å². The Morgan fingerprint density at radius 3 is 2.47 bits per heavy atom.